The van der Waals surface area contributed by atoms with Crippen molar-refractivity contribution in [3.05, 3.63) is 70.1 Å². The summed E-state index contributed by atoms with van der Waals surface area (Å²) in [5.41, 5.74) is 5.37. The Morgan fingerprint density at radius 2 is 1.70 bits per heavy atom. The second-order valence-corrected chi connectivity index (χ2v) is 6.99. The van der Waals surface area contributed by atoms with Crippen LogP contribution in [-0.4, -0.2) is 28.2 Å². The van der Waals surface area contributed by atoms with Crippen LogP contribution in [0.3, 0.4) is 0 Å². The third-order valence-corrected chi connectivity index (χ3v) is 4.45. The highest BCUT2D eigenvalue weighted by molar-refractivity contribution is 6.05. The molecule has 0 aliphatic carbocycles. The van der Waals surface area contributed by atoms with E-state index in [0.29, 0.717) is 17.4 Å². The van der Waals surface area contributed by atoms with E-state index in [1.165, 1.54) is 4.68 Å². The molecule has 2 aromatic carbocycles. The van der Waals surface area contributed by atoms with Gasteiger partial charge in [-0.25, -0.2) is 4.68 Å². The Morgan fingerprint density at radius 3 is 2.33 bits per heavy atom. The highest BCUT2D eigenvalue weighted by Crippen LogP contribution is 2.15. The van der Waals surface area contributed by atoms with Gasteiger partial charge in [0.25, 0.3) is 11.5 Å². The minimum atomic E-state index is -0.597. The number of ether oxygens (including phenoxy) is 1. The molecule has 156 valence electrons. The summed E-state index contributed by atoms with van der Waals surface area (Å²) in [4.78, 5) is 37.5. The summed E-state index contributed by atoms with van der Waals surface area (Å²) in [6.07, 6.45) is 0.0896. The van der Waals surface area contributed by atoms with Crippen molar-refractivity contribution in [1.82, 2.24) is 20.6 Å². The van der Waals surface area contributed by atoms with Gasteiger partial charge in [-0.15, -0.1) is 0 Å². The predicted octanol–water partition coefficient (Wildman–Crippen LogP) is 2.38. The molecule has 1 aromatic heterocycles. The van der Waals surface area contributed by atoms with E-state index in [0.717, 1.165) is 11.3 Å². The lowest BCUT2D eigenvalue weighted by atomic mass is 10.1. The average Bonchev–Trinajstić information content (AvgIpc) is 2.74. The number of nitrogens with zero attached hydrogens (tertiary/aromatic N) is 2. The summed E-state index contributed by atoms with van der Waals surface area (Å²) in [5, 5.41) is 5.04. The highest BCUT2D eigenvalue weighted by Gasteiger charge is 2.18. The number of amides is 2. The van der Waals surface area contributed by atoms with Gasteiger partial charge in [0.15, 0.2) is 5.69 Å². The number of benzene rings is 2. The van der Waals surface area contributed by atoms with Crippen LogP contribution in [0.1, 0.15) is 42.9 Å². The number of fused-ring (bicyclic) bond motifs is 1. The Hall–Kier alpha value is -3.68. The van der Waals surface area contributed by atoms with Crippen LogP contribution in [0.15, 0.2) is 53.3 Å². The van der Waals surface area contributed by atoms with Gasteiger partial charge in [0, 0.05) is 5.39 Å². The summed E-state index contributed by atoms with van der Waals surface area (Å²) in [5.74, 6) is -0.247. The van der Waals surface area contributed by atoms with Crippen LogP contribution in [0.2, 0.25) is 0 Å². The SMILES string of the molecule is CCOc1ccc(CC(=O)NNC(=O)c2nn(C(C)C)c(=O)c3ccccc23)cc1. The number of hydrogen-bond acceptors (Lipinski definition) is 5. The normalized spacial score (nSPS) is 10.8. The van der Waals surface area contributed by atoms with E-state index in [2.05, 4.69) is 16.0 Å². The maximum Gasteiger partial charge on any atom is 0.290 e. The van der Waals surface area contributed by atoms with Gasteiger partial charge in [0.2, 0.25) is 5.91 Å². The molecule has 0 bridgehead atoms. The molecule has 0 spiro atoms. The fourth-order valence-electron chi connectivity index (χ4n) is 3.01. The molecule has 0 atom stereocenters. The zero-order valence-corrected chi connectivity index (χ0v) is 17.1. The molecular weight excluding hydrogens is 384 g/mol. The van der Waals surface area contributed by atoms with Crippen molar-refractivity contribution in [2.24, 2.45) is 0 Å². The zero-order chi connectivity index (χ0) is 21.7. The third kappa shape index (κ3) is 4.65. The molecule has 3 rings (SSSR count). The number of carbonyl (C=O) groups excluding carboxylic acids is 2. The van der Waals surface area contributed by atoms with Crippen molar-refractivity contribution < 1.29 is 14.3 Å². The van der Waals surface area contributed by atoms with Gasteiger partial charge in [0.1, 0.15) is 5.75 Å². The minimum absolute atomic E-state index is 0.0697. The molecule has 0 radical (unpaired) electrons. The van der Waals surface area contributed by atoms with E-state index in [4.69, 9.17) is 4.74 Å². The fourth-order valence-corrected chi connectivity index (χ4v) is 3.01. The van der Waals surface area contributed by atoms with Crippen LogP contribution in [0.25, 0.3) is 10.8 Å². The van der Waals surface area contributed by atoms with E-state index in [1.54, 1.807) is 48.5 Å². The van der Waals surface area contributed by atoms with E-state index in [-0.39, 0.29) is 29.6 Å². The van der Waals surface area contributed by atoms with Crippen molar-refractivity contribution in [3.63, 3.8) is 0 Å². The highest BCUT2D eigenvalue weighted by atomic mass is 16.5. The summed E-state index contributed by atoms with van der Waals surface area (Å²) < 4.78 is 6.64. The lowest BCUT2D eigenvalue weighted by Gasteiger charge is -2.14. The number of rotatable bonds is 6. The van der Waals surface area contributed by atoms with Crippen molar-refractivity contribution in [3.8, 4) is 5.75 Å². The number of aromatic nitrogens is 2. The largest absolute Gasteiger partial charge is 0.494 e. The van der Waals surface area contributed by atoms with Gasteiger partial charge in [-0.1, -0.05) is 30.3 Å². The van der Waals surface area contributed by atoms with Crippen LogP contribution >= 0.6 is 0 Å². The number of nitrogens with one attached hydrogen (secondary N) is 2. The predicted molar refractivity (Wildman–Crippen MR) is 113 cm³/mol. The van der Waals surface area contributed by atoms with Gasteiger partial charge in [-0.2, -0.15) is 5.10 Å². The first-order valence-electron chi connectivity index (χ1n) is 9.73. The second kappa shape index (κ2) is 9.21. The smallest absolute Gasteiger partial charge is 0.290 e. The molecule has 2 amide bonds. The van der Waals surface area contributed by atoms with Crippen molar-refractivity contribution in [2.45, 2.75) is 33.2 Å². The molecule has 8 heteroatoms. The number of hydrogen-bond donors (Lipinski definition) is 2. The first-order valence-corrected chi connectivity index (χ1v) is 9.73. The Morgan fingerprint density at radius 1 is 1.03 bits per heavy atom. The van der Waals surface area contributed by atoms with Gasteiger partial charge in [-0.05, 0) is 44.5 Å². The third-order valence-electron chi connectivity index (χ3n) is 4.45. The minimum Gasteiger partial charge on any atom is -0.494 e. The monoisotopic (exact) mass is 408 g/mol. The quantitative estimate of drug-likeness (QED) is 0.610. The lowest BCUT2D eigenvalue weighted by molar-refractivity contribution is -0.121. The van der Waals surface area contributed by atoms with E-state index < -0.39 is 5.91 Å². The van der Waals surface area contributed by atoms with Gasteiger partial charge in [-0.3, -0.25) is 25.2 Å². The van der Waals surface area contributed by atoms with Crippen LogP contribution < -0.4 is 21.1 Å². The molecule has 0 fully saturated rings. The van der Waals surface area contributed by atoms with E-state index in [1.807, 2.05) is 20.8 Å². The average molecular weight is 408 g/mol. The molecule has 0 saturated carbocycles. The lowest BCUT2D eigenvalue weighted by Crippen LogP contribution is -2.43. The first kappa shape index (κ1) is 21.0. The molecule has 8 nitrogen and oxygen atoms in total. The van der Waals surface area contributed by atoms with Crippen LogP contribution in [-0.2, 0) is 11.2 Å². The Labute approximate surface area is 173 Å². The second-order valence-electron chi connectivity index (χ2n) is 6.99. The first-order chi connectivity index (χ1) is 14.4. The van der Waals surface area contributed by atoms with Crippen molar-refractivity contribution >= 4 is 22.6 Å². The van der Waals surface area contributed by atoms with Crippen LogP contribution in [0.5, 0.6) is 5.75 Å². The fraction of sp³-hybridized carbons (Fsp3) is 0.273. The standard InChI is InChI=1S/C22H24N4O4/c1-4-30-16-11-9-15(10-12-16)13-19(27)23-24-21(28)20-17-7-5-6-8-18(17)22(29)26(25-20)14(2)3/h5-12,14H,4,13H2,1-3H3,(H,23,27)(H,24,28). The maximum atomic E-state index is 12.7. The van der Waals surface area contributed by atoms with Crippen LogP contribution in [0.4, 0.5) is 0 Å². The molecular formula is C22H24N4O4. The molecule has 3 aromatic rings. The summed E-state index contributed by atoms with van der Waals surface area (Å²) in [6.45, 7) is 6.08. The van der Waals surface area contributed by atoms with Crippen molar-refractivity contribution in [2.75, 3.05) is 6.61 Å². The Balaban J connectivity index is 1.73. The van der Waals surface area contributed by atoms with Crippen molar-refractivity contribution in [1.29, 1.82) is 0 Å². The Bertz CT molecular complexity index is 1120. The number of carbonyl (C=O) groups is 2. The topological polar surface area (TPSA) is 102 Å². The van der Waals surface area contributed by atoms with E-state index in [9.17, 15) is 14.4 Å². The summed E-state index contributed by atoms with van der Waals surface area (Å²) in [6, 6.07) is 13.7. The molecule has 2 N–H and O–H groups in total. The molecule has 0 aliphatic heterocycles. The summed E-state index contributed by atoms with van der Waals surface area (Å²) in [7, 11) is 0. The van der Waals surface area contributed by atoms with E-state index >= 15 is 0 Å². The number of hydrazine groups is 1. The zero-order valence-electron chi connectivity index (χ0n) is 17.1. The molecule has 1 heterocycles. The molecule has 0 aliphatic rings. The summed E-state index contributed by atoms with van der Waals surface area (Å²) >= 11 is 0. The maximum absolute atomic E-state index is 12.7. The molecule has 0 saturated heterocycles. The van der Waals surface area contributed by atoms with Crippen LogP contribution in [0, 0.1) is 0 Å². The van der Waals surface area contributed by atoms with Gasteiger partial charge < -0.3 is 4.74 Å². The Kier molecular flexibility index (Phi) is 6.46. The molecule has 0 unspecified atom stereocenters. The van der Waals surface area contributed by atoms with Gasteiger partial charge >= 0.3 is 0 Å². The molecule has 30 heavy (non-hydrogen) atoms. The van der Waals surface area contributed by atoms with Gasteiger partial charge in [0.05, 0.1) is 24.5 Å².